The number of hydrogen-bond acceptors (Lipinski definition) is 5. The van der Waals surface area contributed by atoms with Crippen LogP contribution in [0.25, 0.3) is 0 Å². The molecular weight excluding hydrogens is 404 g/mol. The first-order chi connectivity index (χ1) is 15.4. The van der Waals surface area contributed by atoms with Crippen LogP contribution in [-0.4, -0.2) is 79.9 Å². The number of benzene rings is 2. The molecule has 2 aromatic rings. The van der Waals surface area contributed by atoms with Gasteiger partial charge in [-0.25, -0.2) is 0 Å². The Kier molecular flexibility index (Phi) is 8.25. The van der Waals surface area contributed by atoms with Crippen molar-refractivity contribution in [2.75, 3.05) is 58.7 Å². The Bertz CT molecular complexity index is 901. The van der Waals surface area contributed by atoms with Crippen molar-refractivity contribution in [2.24, 2.45) is 0 Å². The fourth-order valence-electron chi connectivity index (χ4n) is 3.90. The van der Waals surface area contributed by atoms with E-state index in [-0.39, 0.29) is 11.8 Å². The minimum Gasteiger partial charge on any atom is -0.497 e. The molecule has 1 aliphatic rings. The number of hydrogen-bond donors (Lipinski definition) is 1. The van der Waals surface area contributed by atoms with Crippen LogP contribution in [0.2, 0.25) is 0 Å². The second-order valence-electron chi connectivity index (χ2n) is 8.47. The zero-order valence-corrected chi connectivity index (χ0v) is 19.6. The first kappa shape index (κ1) is 23.8. The van der Waals surface area contributed by atoms with Gasteiger partial charge >= 0.3 is 0 Å². The number of carbonyl (C=O) groups is 2. The number of para-hydroxylation sites is 1. The fourth-order valence-corrected chi connectivity index (χ4v) is 3.90. The Balaban J connectivity index is 1.41. The van der Waals surface area contributed by atoms with Gasteiger partial charge in [0.05, 0.1) is 20.2 Å². The molecule has 0 saturated carbocycles. The fraction of sp³-hybridized carbons (Fsp3) is 0.440. The third kappa shape index (κ3) is 6.55. The number of nitrogens with one attached hydrogen (secondary N) is 1. The minimum absolute atomic E-state index is 0.00570. The lowest BCUT2D eigenvalue weighted by Crippen LogP contribution is -2.51. The summed E-state index contributed by atoms with van der Waals surface area (Å²) in [6.07, 6.45) is 0. The monoisotopic (exact) mass is 438 g/mol. The summed E-state index contributed by atoms with van der Waals surface area (Å²) >= 11 is 0. The Morgan fingerprint density at radius 3 is 2.06 bits per heavy atom. The van der Waals surface area contributed by atoms with Crippen LogP contribution in [0.1, 0.15) is 16.7 Å². The van der Waals surface area contributed by atoms with Crippen LogP contribution in [0, 0.1) is 13.8 Å². The van der Waals surface area contributed by atoms with Gasteiger partial charge in [-0.2, -0.15) is 0 Å². The molecule has 1 heterocycles. The molecule has 1 fully saturated rings. The molecule has 1 N–H and O–H groups in total. The standard InChI is InChI=1S/C25H34N4O3/c1-19-6-5-7-20(2)25(19)26-23(30)17-28-12-14-29(15-13-28)18-24(31)27(3)16-21-8-10-22(32-4)11-9-21/h5-11H,12-18H2,1-4H3,(H,26,30). The summed E-state index contributed by atoms with van der Waals surface area (Å²) in [6, 6.07) is 13.8. The molecule has 7 nitrogen and oxygen atoms in total. The summed E-state index contributed by atoms with van der Waals surface area (Å²) in [4.78, 5) is 31.2. The van der Waals surface area contributed by atoms with E-state index in [1.54, 1.807) is 12.0 Å². The van der Waals surface area contributed by atoms with Gasteiger partial charge in [-0.15, -0.1) is 0 Å². The second kappa shape index (κ2) is 11.1. The minimum atomic E-state index is 0.00570. The molecule has 172 valence electrons. The highest BCUT2D eigenvalue weighted by Gasteiger charge is 2.22. The maximum absolute atomic E-state index is 12.6. The molecule has 1 aliphatic heterocycles. The van der Waals surface area contributed by atoms with Crippen molar-refractivity contribution in [2.45, 2.75) is 20.4 Å². The average Bonchev–Trinajstić information content (AvgIpc) is 2.78. The Morgan fingerprint density at radius 1 is 0.938 bits per heavy atom. The van der Waals surface area contributed by atoms with Crippen molar-refractivity contribution in [1.82, 2.24) is 14.7 Å². The van der Waals surface area contributed by atoms with Crippen LogP contribution in [0.15, 0.2) is 42.5 Å². The molecule has 0 bridgehead atoms. The van der Waals surface area contributed by atoms with E-state index in [0.717, 1.165) is 54.3 Å². The van der Waals surface area contributed by atoms with Gasteiger partial charge in [-0.1, -0.05) is 30.3 Å². The molecule has 0 atom stereocenters. The van der Waals surface area contributed by atoms with Gasteiger partial charge < -0.3 is 15.0 Å². The van der Waals surface area contributed by atoms with E-state index in [4.69, 9.17) is 4.74 Å². The maximum atomic E-state index is 12.6. The van der Waals surface area contributed by atoms with E-state index in [1.807, 2.05) is 63.4 Å². The summed E-state index contributed by atoms with van der Waals surface area (Å²) in [6.45, 7) is 8.44. The molecule has 0 spiro atoms. The summed E-state index contributed by atoms with van der Waals surface area (Å²) in [5.41, 5.74) is 4.11. The van der Waals surface area contributed by atoms with Crippen molar-refractivity contribution < 1.29 is 14.3 Å². The number of nitrogens with zero attached hydrogens (tertiary/aromatic N) is 3. The van der Waals surface area contributed by atoms with Gasteiger partial charge in [0, 0.05) is 45.5 Å². The Morgan fingerprint density at radius 2 is 1.50 bits per heavy atom. The summed E-state index contributed by atoms with van der Waals surface area (Å²) in [5.74, 6) is 0.913. The highest BCUT2D eigenvalue weighted by atomic mass is 16.5. The third-order valence-corrected chi connectivity index (χ3v) is 5.94. The number of anilines is 1. The normalized spacial score (nSPS) is 14.8. The maximum Gasteiger partial charge on any atom is 0.238 e. The van der Waals surface area contributed by atoms with E-state index >= 15 is 0 Å². The molecule has 32 heavy (non-hydrogen) atoms. The second-order valence-corrected chi connectivity index (χ2v) is 8.47. The van der Waals surface area contributed by atoms with Gasteiger partial charge in [-0.3, -0.25) is 19.4 Å². The first-order valence-electron chi connectivity index (χ1n) is 11.0. The summed E-state index contributed by atoms with van der Waals surface area (Å²) < 4.78 is 5.18. The number of rotatable bonds is 8. The predicted octanol–water partition coefficient (Wildman–Crippen LogP) is 2.53. The van der Waals surface area contributed by atoms with Crippen molar-refractivity contribution in [3.8, 4) is 5.75 Å². The first-order valence-corrected chi connectivity index (χ1v) is 11.0. The lowest BCUT2D eigenvalue weighted by Gasteiger charge is -2.34. The molecule has 1 saturated heterocycles. The van der Waals surface area contributed by atoms with Crippen LogP contribution in [0.5, 0.6) is 5.75 Å². The number of piperazine rings is 1. The molecule has 0 aliphatic carbocycles. The Labute approximate surface area is 190 Å². The van der Waals surface area contributed by atoms with Crippen LogP contribution in [0.3, 0.4) is 0 Å². The smallest absolute Gasteiger partial charge is 0.238 e. The zero-order chi connectivity index (χ0) is 23.1. The van der Waals surface area contributed by atoms with E-state index in [0.29, 0.717) is 19.6 Å². The number of likely N-dealkylation sites (N-methyl/N-ethyl adjacent to an activating group) is 1. The lowest BCUT2D eigenvalue weighted by atomic mass is 10.1. The van der Waals surface area contributed by atoms with Crippen LogP contribution in [-0.2, 0) is 16.1 Å². The molecule has 3 rings (SSSR count). The molecule has 0 aromatic heterocycles. The molecule has 2 amide bonds. The SMILES string of the molecule is COc1ccc(CN(C)C(=O)CN2CCN(CC(=O)Nc3c(C)cccc3C)CC2)cc1. The number of methoxy groups -OCH3 is 1. The number of carbonyl (C=O) groups excluding carboxylic acids is 2. The lowest BCUT2D eigenvalue weighted by molar-refractivity contribution is -0.132. The zero-order valence-electron chi connectivity index (χ0n) is 19.6. The predicted molar refractivity (Wildman–Crippen MR) is 127 cm³/mol. The van der Waals surface area contributed by atoms with Crippen molar-refractivity contribution in [3.05, 3.63) is 59.2 Å². The quantitative estimate of drug-likeness (QED) is 0.686. The molecular formula is C25H34N4O3. The topological polar surface area (TPSA) is 65.1 Å². The van der Waals surface area contributed by atoms with Crippen molar-refractivity contribution >= 4 is 17.5 Å². The van der Waals surface area contributed by atoms with Gasteiger partial charge in [-0.05, 0) is 42.7 Å². The molecule has 0 unspecified atom stereocenters. The van der Waals surface area contributed by atoms with E-state index < -0.39 is 0 Å². The van der Waals surface area contributed by atoms with Crippen LogP contribution in [0.4, 0.5) is 5.69 Å². The van der Waals surface area contributed by atoms with Gasteiger partial charge in [0.1, 0.15) is 5.75 Å². The Hall–Kier alpha value is -2.90. The van der Waals surface area contributed by atoms with E-state index in [2.05, 4.69) is 15.1 Å². The number of ether oxygens (including phenoxy) is 1. The number of amides is 2. The highest BCUT2D eigenvalue weighted by Crippen LogP contribution is 2.19. The van der Waals surface area contributed by atoms with Gasteiger partial charge in [0.15, 0.2) is 0 Å². The largest absolute Gasteiger partial charge is 0.497 e. The van der Waals surface area contributed by atoms with E-state index in [1.165, 1.54) is 0 Å². The molecule has 7 heteroatoms. The number of aryl methyl sites for hydroxylation is 2. The third-order valence-electron chi connectivity index (χ3n) is 5.94. The average molecular weight is 439 g/mol. The summed E-state index contributed by atoms with van der Waals surface area (Å²) in [7, 11) is 3.47. The van der Waals surface area contributed by atoms with Crippen molar-refractivity contribution in [3.63, 3.8) is 0 Å². The van der Waals surface area contributed by atoms with Gasteiger partial charge in [0.2, 0.25) is 11.8 Å². The van der Waals surface area contributed by atoms with Crippen molar-refractivity contribution in [1.29, 1.82) is 0 Å². The van der Waals surface area contributed by atoms with Crippen LogP contribution >= 0.6 is 0 Å². The van der Waals surface area contributed by atoms with Gasteiger partial charge in [0.25, 0.3) is 0 Å². The van der Waals surface area contributed by atoms with Crippen LogP contribution < -0.4 is 10.1 Å². The highest BCUT2D eigenvalue weighted by molar-refractivity contribution is 5.93. The van der Waals surface area contributed by atoms with E-state index in [9.17, 15) is 9.59 Å². The molecule has 2 aromatic carbocycles. The summed E-state index contributed by atoms with van der Waals surface area (Å²) in [5, 5.41) is 3.05. The molecule has 0 radical (unpaired) electrons.